The lowest BCUT2D eigenvalue weighted by molar-refractivity contribution is 0.186. The Morgan fingerprint density at radius 1 is 1.10 bits per heavy atom. The Morgan fingerprint density at radius 2 is 1.81 bits per heavy atom. The number of fused-ring (bicyclic) bond motifs is 2. The zero-order chi connectivity index (χ0) is 22.3. The van der Waals surface area contributed by atoms with E-state index in [0.717, 1.165) is 11.1 Å². The van der Waals surface area contributed by atoms with E-state index in [2.05, 4.69) is 4.98 Å². The van der Waals surface area contributed by atoms with Crippen LogP contribution in [0.5, 0.6) is 0 Å². The highest BCUT2D eigenvalue weighted by molar-refractivity contribution is 7.91. The maximum absolute atomic E-state index is 13.4. The minimum absolute atomic E-state index is 0.0638. The molecule has 1 N–H and O–H groups in total. The average Bonchev–Trinajstić information content (AvgIpc) is 2.74. The number of aromatic nitrogens is 3. The van der Waals surface area contributed by atoms with Crippen molar-refractivity contribution in [1.82, 2.24) is 14.0 Å². The lowest BCUT2D eigenvalue weighted by Gasteiger charge is -2.15. The molecule has 9 heteroatoms. The van der Waals surface area contributed by atoms with Crippen LogP contribution in [-0.2, 0) is 21.1 Å². The molecule has 3 heterocycles. The summed E-state index contributed by atoms with van der Waals surface area (Å²) in [7, 11) is -2.51. The van der Waals surface area contributed by atoms with Gasteiger partial charge in [0.1, 0.15) is 21.7 Å². The molecule has 1 aromatic carbocycles. The molecular weight excluding hydrogens is 416 g/mol. The van der Waals surface area contributed by atoms with Crippen molar-refractivity contribution in [3.8, 4) is 0 Å². The number of ether oxygens (including phenoxy) is 1. The van der Waals surface area contributed by atoms with Gasteiger partial charge in [-0.15, -0.1) is 0 Å². The number of nitrogens with zero attached hydrogens (tertiary/aromatic N) is 3. The van der Waals surface area contributed by atoms with Crippen LogP contribution in [0.3, 0.4) is 0 Å². The smallest absolute Gasteiger partial charge is 0.267 e. The first kappa shape index (κ1) is 21.0. The quantitative estimate of drug-likeness (QED) is 0.481. The van der Waals surface area contributed by atoms with Gasteiger partial charge in [-0.05, 0) is 43.7 Å². The maximum atomic E-state index is 13.4. The van der Waals surface area contributed by atoms with Gasteiger partial charge in [-0.3, -0.25) is 14.6 Å². The first-order valence-electron chi connectivity index (χ1n) is 9.66. The SMILES string of the molecule is COCCn1c(=N)c(S(=O)(=O)c2ccc(C)cc2)cc2c(=O)n3cccc(C)c3nc21. The van der Waals surface area contributed by atoms with Crippen LogP contribution < -0.4 is 11.0 Å². The van der Waals surface area contributed by atoms with Crippen molar-refractivity contribution in [3.05, 3.63) is 75.6 Å². The fraction of sp³-hybridized carbons (Fsp3) is 0.227. The fourth-order valence-electron chi connectivity index (χ4n) is 3.52. The predicted octanol–water partition coefficient (Wildman–Crippen LogP) is 2.22. The minimum atomic E-state index is -4.03. The average molecular weight is 439 g/mol. The van der Waals surface area contributed by atoms with E-state index >= 15 is 0 Å². The second-order valence-corrected chi connectivity index (χ2v) is 9.28. The van der Waals surface area contributed by atoms with Crippen molar-refractivity contribution in [1.29, 1.82) is 5.41 Å². The number of rotatable bonds is 5. The number of aryl methyl sites for hydroxylation is 2. The number of benzene rings is 1. The zero-order valence-corrected chi connectivity index (χ0v) is 18.2. The van der Waals surface area contributed by atoms with Crippen LogP contribution in [0.2, 0.25) is 0 Å². The van der Waals surface area contributed by atoms with E-state index in [9.17, 15) is 13.2 Å². The molecule has 0 unspecified atom stereocenters. The number of hydrogen-bond acceptors (Lipinski definition) is 6. The minimum Gasteiger partial charge on any atom is -0.383 e. The Bertz CT molecular complexity index is 1530. The van der Waals surface area contributed by atoms with Gasteiger partial charge >= 0.3 is 0 Å². The van der Waals surface area contributed by atoms with Gasteiger partial charge in [-0.25, -0.2) is 13.4 Å². The van der Waals surface area contributed by atoms with E-state index in [0.29, 0.717) is 5.65 Å². The lowest BCUT2D eigenvalue weighted by atomic mass is 10.2. The summed E-state index contributed by atoms with van der Waals surface area (Å²) in [4.78, 5) is 17.7. The molecule has 0 aliphatic rings. The lowest BCUT2D eigenvalue weighted by Crippen LogP contribution is -2.31. The van der Waals surface area contributed by atoms with Crippen molar-refractivity contribution >= 4 is 26.5 Å². The first-order chi connectivity index (χ1) is 14.8. The number of nitrogens with one attached hydrogen (secondary N) is 1. The van der Waals surface area contributed by atoms with Gasteiger partial charge in [0, 0.05) is 19.9 Å². The Balaban J connectivity index is 2.12. The Hall–Kier alpha value is -3.30. The van der Waals surface area contributed by atoms with E-state index in [1.165, 1.54) is 34.3 Å². The molecule has 160 valence electrons. The van der Waals surface area contributed by atoms with Crippen molar-refractivity contribution < 1.29 is 13.2 Å². The van der Waals surface area contributed by atoms with Crippen molar-refractivity contribution in [2.24, 2.45) is 0 Å². The van der Waals surface area contributed by atoms with Gasteiger partial charge in [-0.2, -0.15) is 0 Å². The fourth-order valence-corrected chi connectivity index (χ4v) is 4.91. The summed E-state index contributed by atoms with van der Waals surface area (Å²) in [5, 5.41) is 8.79. The van der Waals surface area contributed by atoms with Crippen LogP contribution in [-0.4, -0.2) is 36.1 Å². The summed E-state index contributed by atoms with van der Waals surface area (Å²) in [5.74, 6) is 0. The topological polar surface area (TPSA) is 107 Å². The second kappa shape index (κ2) is 7.75. The van der Waals surface area contributed by atoms with Gasteiger partial charge in [0.15, 0.2) is 0 Å². The zero-order valence-electron chi connectivity index (χ0n) is 17.4. The third-order valence-corrected chi connectivity index (χ3v) is 7.02. The Kier molecular flexibility index (Phi) is 5.24. The van der Waals surface area contributed by atoms with Crippen LogP contribution >= 0.6 is 0 Å². The van der Waals surface area contributed by atoms with Gasteiger partial charge in [-0.1, -0.05) is 23.8 Å². The molecule has 0 spiro atoms. The Morgan fingerprint density at radius 3 is 2.48 bits per heavy atom. The number of methoxy groups -OCH3 is 1. The highest BCUT2D eigenvalue weighted by atomic mass is 32.2. The second-order valence-electron chi connectivity index (χ2n) is 7.36. The molecule has 0 saturated heterocycles. The summed E-state index contributed by atoms with van der Waals surface area (Å²) in [6, 6.07) is 11.2. The van der Waals surface area contributed by atoms with E-state index in [1.54, 1.807) is 24.4 Å². The molecule has 4 rings (SSSR count). The summed E-state index contributed by atoms with van der Waals surface area (Å²) in [6.45, 7) is 4.11. The first-order valence-corrected chi connectivity index (χ1v) is 11.1. The van der Waals surface area contributed by atoms with E-state index < -0.39 is 15.4 Å². The maximum Gasteiger partial charge on any atom is 0.267 e. The van der Waals surface area contributed by atoms with Crippen molar-refractivity contribution in [2.45, 2.75) is 30.2 Å². The van der Waals surface area contributed by atoms with Gasteiger partial charge < -0.3 is 9.30 Å². The van der Waals surface area contributed by atoms with E-state index in [1.807, 2.05) is 19.9 Å². The number of sulfone groups is 1. The molecule has 0 aliphatic carbocycles. The molecule has 0 amide bonds. The van der Waals surface area contributed by atoms with Crippen LogP contribution in [0, 0.1) is 19.3 Å². The van der Waals surface area contributed by atoms with Gasteiger partial charge in [0.05, 0.1) is 16.9 Å². The highest BCUT2D eigenvalue weighted by Crippen LogP contribution is 2.21. The van der Waals surface area contributed by atoms with Crippen LogP contribution in [0.25, 0.3) is 16.7 Å². The molecule has 0 aliphatic heterocycles. The van der Waals surface area contributed by atoms with Gasteiger partial charge in [0.2, 0.25) is 9.84 Å². The number of hydrogen-bond donors (Lipinski definition) is 1. The molecule has 0 bridgehead atoms. The van der Waals surface area contributed by atoms with Crippen LogP contribution in [0.15, 0.2) is 63.2 Å². The monoisotopic (exact) mass is 438 g/mol. The molecule has 0 radical (unpaired) electrons. The molecule has 8 nitrogen and oxygen atoms in total. The summed E-state index contributed by atoms with van der Waals surface area (Å²) < 4.78 is 34.7. The summed E-state index contributed by atoms with van der Waals surface area (Å²) in [6.07, 6.45) is 1.60. The third kappa shape index (κ3) is 3.45. The molecule has 0 saturated carbocycles. The third-order valence-electron chi connectivity index (χ3n) is 5.24. The van der Waals surface area contributed by atoms with Crippen molar-refractivity contribution in [2.75, 3.05) is 13.7 Å². The van der Waals surface area contributed by atoms with E-state index in [-0.39, 0.29) is 39.5 Å². The van der Waals surface area contributed by atoms with Crippen LogP contribution in [0.1, 0.15) is 11.1 Å². The van der Waals surface area contributed by atoms with Crippen molar-refractivity contribution in [3.63, 3.8) is 0 Å². The van der Waals surface area contributed by atoms with Crippen LogP contribution in [0.4, 0.5) is 0 Å². The predicted molar refractivity (Wildman–Crippen MR) is 116 cm³/mol. The molecule has 4 aromatic rings. The largest absolute Gasteiger partial charge is 0.383 e. The Labute approximate surface area is 178 Å². The summed E-state index contributed by atoms with van der Waals surface area (Å²) in [5.41, 5.74) is 1.79. The molecular formula is C22H22N4O4S. The normalized spacial score (nSPS) is 12.0. The summed E-state index contributed by atoms with van der Waals surface area (Å²) >= 11 is 0. The standard InChI is InChI=1S/C22H22N4O4S/c1-14-6-8-16(9-7-14)31(28,29)18-13-17-21(25(19(18)23)11-12-30-3)24-20-15(2)5-4-10-26(20)22(17)27/h4-10,13,23H,11-12H2,1-3H3. The van der Waals surface area contributed by atoms with Gasteiger partial charge in [0.25, 0.3) is 5.56 Å². The molecule has 31 heavy (non-hydrogen) atoms. The number of pyridine rings is 2. The van der Waals surface area contributed by atoms with E-state index in [4.69, 9.17) is 10.1 Å². The molecule has 0 fully saturated rings. The molecule has 0 atom stereocenters. The highest BCUT2D eigenvalue weighted by Gasteiger charge is 2.24. The molecule has 3 aromatic heterocycles.